The van der Waals surface area contributed by atoms with Crippen LogP contribution in [0.25, 0.3) is 0 Å². The largest absolute Gasteiger partial charge is 0.397 e. The summed E-state index contributed by atoms with van der Waals surface area (Å²) in [7, 11) is 0. The zero-order valence-corrected chi connectivity index (χ0v) is 11.0. The molecule has 0 atom stereocenters. The first-order valence-corrected chi connectivity index (χ1v) is 6.47. The van der Waals surface area contributed by atoms with E-state index in [0.717, 1.165) is 18.8 Å². The zero-order chi connectivity index (χ0) is 10.8. The number of nitrogen functional groups attached to an aromatic ring is 1. The van der Waals surface area contributed by atoms with Crippen LogP contribution < -0.4 is 5.73 Å². The molecule has 0 aliphatic carbocycles. The molecule has 0 spiro atoms. The van der Waals surface area contributed by atoms with Crippen LogP contribution in [-0.2, 0) is 0 Å². The summed E-state index contributed by atoms with van der Waals surface area (Å²) in [5.74, 6) is 0. The molecule has 0 aliphatic heterocycles. The van der Waals surface area contributed by atoms with Gasteiger partial charge in [0.1, 0.15) is 10.0 Å². The molecule has 0 fully saturated rings. The van der Waals surface area contributed by atoms with Gasteiger partial charge in [0.15, 0.2) is 4.34 Å². The van der Waals surface area contributed by atoms with Gasteiger partial charge in [0, 0.05) is 0 Å². The minimum absolute atomic E-state index is 0.639. The highest BCUT2D eigenvalue weighted by atomic mass is 79.9. The predicted octanol–water partition coefficient (Wildman–Crippen LogP) is 2.74. The van der Waals surface area contributed by atoms with Crippen LogP contribution in [0.4, 0.5) is 5.69 Å². The monoisotopic (exact) mass is 302 g/mol. The Kier molecular flexibility index (Phi) is 3.22. The smallest absolute Gasteiger partial charge is 0.180 e. The number of aryl methyl sites for hydroxylation is 1. The summed E-state index contributed by atoms with van der Waals surface area (Å²) in [6, 6.07) is 1.82. The van der Waals surface area contributed by atoms with Crippen molar-refractivity contribution in [1.29, 1.82) is 0 Å². The lowest BCUT2D eigenvalue weighted by Crippen LogP contribution is -1.88. The summed E-state index contributed by atoms with van der Waals surface area (Å²) in [4.78, 5) is 4.21. The highest BCUT2D eigenvalue weighted by Crippen LogP contribution is 2.33. The van der Waals surface area contributed by atoms with Crippen molar-refractivity contribution in [3.05, 3.63) is 21.7 Å². The Balaban J connectivity index is 2.24. The van der Waals surface area contributed by atoms with E-state index >= 15 is 0 Å². The van der Waals surface area contributed by atoms with E-state index in [4.69, 9.17) is 5.73 Å². The molecular weight excluding hydrogens is 296 g/mol. The normalized spacial score (nSPS) is 10.5. The first-order chi connectivity index (χ1) is 7.15. The van der Waals surface area contributed by atoms with Crippen LogP contribution in [0.3, 0.4) is 0 Å². The summed E-state index contributed by atoms with van der Waals surface area (Å²) >= 11 is 6.42. The maximum atomic E-state index is 5.60. The molecule has 2 rings (SSSR count). The third-order valence-electron chi connectivity index (χ3n) is 1.52. The molecule has 2 heterocycles. The molecule has 15 heavy (non-hydrogen) atoms. The van der Waals surface area contributed by atoms with E-state index in [2.05, 4.69) is 31.1 Å². The highest BCUT2D eigenvalue weighted by molar-refractivity contribution is 9.10. The molecule has 0 amide bonds. The van der Waals surface area contributed by atoms with Crippen LogP contribution in [0.2, 0.25) is 0 Å². The minimum atomic E-state index is 0.639. The molecule has 78 valence electrons. The Labute approximate surface area is 103 Å². The molecule has 0 aromatic carbocycles. The number of nitrogens with two attached hydrogens (primary N) is 1. The summed E-state index contributed by atoms with van der Waals surface area (Å²) in [5, 5.41) is 9.75. The maximum absolute atomic E-state index is 5.60. The van der Waals surface area contributed by atoms with Crippen molar-refractivity contribution in [1.82, 2.24) is 15.2 Å². The maximum Gasteiger partial charge on any atom is 0.180 e. The molecule has 0 saturated carbocycles. The molecule has 2 aromatic heterocycles. The van der Waals surface area contributed by atoms with Crippen molar-refractivity contribution in [2.45, 2.75) is 16.3 Å². The number of hydrogen-bond donors (Lipinski definition) is 1. The van der Waals surface area contributed by atoms with Gasteiger partial charge in [-0.25, -0.2) is 4.98 Å². The second-order valence-electron chi connectivity index (χ2n) is 2.74. The Morgan fingerprint density at radius 2 is 2.27 bits per heavy atom. The zero-order valence-electron chi connectivity index (χ0n) is 7.77. The summed E-state index contributed by atoms with van der Waals surface area (Å²) in [6.07, 6.45) is 1.63. The average Bonchev–Trinajstić information content (AvgIpc) is 2.56. The van der Waals surface area contributed by atoms with Crippen molar-refractivity contribution >= 4 is 44.7 Å². The van der Waals surface area contributed by atoms with Crippen LogP contribution in [0.15, 0.2) is 26.1 Å². The van der Waals surface area contributed by atoms with E-state index < -0.39 is 0 Å². The Hall–Kier alpha value is -0.660. The Morgan fingerprint density at radius 3 is 2.87 bits per heavy atom. The molecular formula is C8H7BrN4S2. The van der Waals surface area contributed by atoms with E-state index in [1.807, 2.05) is 13.0 Å². The number of halogens is 1. The minimum Gasteiger partial charge on any atom is -0.397 e. The Bertz CT molecular complexity index is 485. The highest BCUT2D eigenvalue weighted by Gasteiger charge is 2.08. The fraction of sp³-hybridized carbons (Fsp3) is 0.125. The number of nitrogens with zero attached hydrogens (tertiary/aromatic N) is 3. The summed E-state index contributed by atoms with van der Waals surface area (Å²) in [6.45, 7) is 1.92. The van der Waals surface area contributed by atoms with Gasteiger partial charge in [-0.1, -0.05) is 11.3 Å². The van der Waals surface area contributed by atoms with E-state index in [9.17, 15) is 0 Å². The molecule has 0 saturated heterocycles. The van der Waals surface area contributed by atoms with Crippen molar-refractivity contribution < 1.29 is 0 Å². The fourth-order valence-corrected chi connectivity index (χ4v) is 3.22. The molecule has 2 N–H and O–H groups in total. The number of hydrogen-bond acceptors (Lipinski definition) is 6. The van der Waals surface area contributed by atoms with E-state index in [-0.39, 0.29) is 0 Å². The van der Waals surface area contributed by atoms with Gasteiger partial charge in [-0.2, -0.15) is 0 Å². The quantitative estimate of drug-likeness (QED) is 0.924. The number of pyridine rings is 1. The standard InChI is InChI=1S/C8H7BrN4S2/c1-4-12-13-8(14-4)15-7-6(9)2-5(10)3-11-7/h2-3H,10H2,1H3. The molecule has 0 bridgehead atoms. The van der Waals surface area contributed by atoms with Gasteiger partial charge in [0.05, 0.1) is 16.4 Å². The molecule has 7 heteroatoms. The summed E-state index contributed by atoms with van der Waals surface area (Å²) in [5.41, 5.74) is 6.24. The van der Waals surface area contributed by atoms with Crippen LogP contribution in [0.1, 0.15) is 5.01 Å². The van der Waals surface area contributed by atoms with Crippen molar-refractivity contribution in [2.24, 2.45) is 0 Å². The Morgan fingerprint density at radius 1 is 1.47 bits per heavy atom. The molecule has 0 radical (unpaired) electrons. The lowest BCUT2D eigenvalue weighted by Gasteiger charge is -2.00. The van der Waals surface area contributed by atoms with E-state index in [0.29, 0.717) is 5.69 Å². The fourth-order valence-electron chi connectivity index (χ4n) is 0.918. The number of rotatable bonds is 2. The van der Waals surface area contributed by atoms with Gasteiger partial charge in [-0.05, 0) is 40.7 Å². The van der Waals surface area contributed by atoms with Crippen LogP contribution in [0.5, 0.6) is 0 Å². The van der Waals surface area contributed by atoms with E-state index in [1.165, 1.54) is 11.8 Å². The van der Waals surface area contributed by atoms with Gasteiger partial charge >= 0.3 is 0 Å². The second-order valence-corrected chi connectivity index (χ2v) is 6.02. The SMILES string of the molecule is Cc1nnc(Sc2ncc(N)cc2Br)s1. The van der Waals surface area contributed by atoms with Crippen LogP contribution in [0, 0.1) is 6.92 Å². The van der Waals surface area contributed by atoms with Crippen molar-refractivity contribution in [3.8, 4) is 0 Å². The summed E-state index contributed by atoms with van der Waals surface area (Å²) < 4.78 is 1.76. The topological polar surface area (TPSA) is 64.7 Å². The van der Waals surface area contributed by atoms with Gasteiger partial charge < -0.3 is 5.73 Å². The number of aromatic nitrogens is 3. The lowest BCUT2D eigenvalue weighted by atomic mass is 10.4. The van der Waals surface area contributed by atoms with Gasteiger partial charge in [-0.3, -0.25) is 0 Å². The van der Waals surface area contributed by atoms with E-state index in [1.54, 1.807) is 17.5 Å². The molecule has 2 aromatic rings. The molecule has 0 unspecified atom stereocenters. The van der Waals surface area contributed by atoms with Gasteiger partial charge in [0.25, 0.3) is 0 Å². The third kappa shape index (κ3) is 2.67. The second kappa shape index (κ2) is 4.46. The first-order valence-electron chi connectivity index (χ1n) is 4.04. The van der Waals surface area contributed by atoms with Crippen LogP contribution in [-0.4, -0.2) is 15.2 Å². The average molecular weight is 303 g/mol. The predicted molar refractivity (Wildman–Crippen MR) is 65.1 cm³/mol. The molecule has 0 aliphatic rings. The first kappa shape index (κ1) is 10.8. The van der Waals surface area contributed by atoms with Crippen molar-refractivity contribution in [2.75, 3.05) is 5.73 Å². The number of anilines is 1. The van der Waals surface area contributed by atoms with Gasteiger partial charge in [-0.15, -0.1) is 10.2 Å². The molecule has 4 nitrogen and oxygen atoms in total. The lowest BCUT2D eigenvalue weighted by molar-refractivity contribution is 0.980. The van der Waals surface area contributed by atoms with Crippen LogP contribution >= 0.6 is 39.0 Å². The third-order valence-corrected chi connectivity index (χ3v) is 4.30. The van der Waals surface area contributed by atoms with Gasteiger partial charge in [0.2, 0.25) is 0 Å². The van der Waals surface area contributed by atoms with Crippen molar-refractivity contribution in [3.63, 3.8) is 0 Å².